The topological polar surface area (TPSA) is 88.6 Å². The average Bonchev–Trinajstić information content (AvgIpc) is 3.20. The SMILES string of the molecule is COc1ccc2nc(NCC(=O)c3ccc(S(=O)(=O)N4CCCCC4)cc3)sc2c1. The molecule has 1 aromatic heterocycles. The van der Waals surface area contributed by atoms with Gasteiger partial charge in [-0.2, -0.15) is 4.31 Å². The maximum Gasteiger partial charge on any atom is 0.243 e. The summed E-state index contributed by atoms with van der Waals surface area (Å²) in [5.74, 6) is 0.627. The van der Waals surface area contributed by atoms with Gasteiger partial charge >= 0.3 is 0 Å². The molecule has 1 fully saturated rings. The molecule has 0 amide bonds. The summed E-state index contributed by atoms with van der Waals surface area (Å²) in [7, 11) is -1.88. The van der Waals surface area contributed by atoms with Gasteiger partial charge in [-0.25, -0.2) is 13.4 Å². The van der Waals surface area contributed by atoms with Gasteiger partial charge in [0.25, 0.3) is 0 Å². The van der Waals surface area contributed by atoms with Gasteiger partial charge in [0.05, 0.1) is 28.8 Å². The lowest BCUT2D eigenvalue weighted by molar-refractivity contribution is 0.101. The summed E-state index contributed by atoms with van der Waals surface area (Å²) in [6, 6.07) is 11.8. The number of hydrogen-bond acceptors (Lipinski definition) is 7. The van der Waals surface area contributed by atoms with E-state index in [1.54, 1.807) is 19.2 Å². The lowest BCUT2D eigenvalue weighted by atomic mass is 10.1. The standard InChI is InChI=1S/C21H23N3O4S2/c1-28-16-7-10-18-20(13-16)29-21(23-18)22-14-19(25)15-5-8-17(9-6-15)30(26,27)24-11-3-2-4-12-24/h5-10,13H,2-4,11-12,14H2,1H3,(H,22,23). The Morgan fingerprint density at radius 3 is 2.57 bits per heavy atom. The second-order valence-corrected chi connectivity index (χ2v) is 10.1. The highest BCUT2D eigenvalue weighted by atomic mass is 32.2. The predicted octanol–water partition coefficient (Wildman–Crippen LogP) is 3.77. The van der Waals surface area contributed by atoms with Crippen molar-refractivity contribution >= 4 is 42.5 Å². The van der Waals surface area contributed by atoms with E-state index in [1.807, 2.05) is 18.2 Å². The molecule has 3 aromatic rings. The fourth-order valence-corrected chi connectivity index (χ4v) is 5.84. The third kappa shape index (κ3) is 4.33. The third-order valence-electron chi connectivity index (χ3n) is 5.12. The number of anilines is 1. The van der Waals surface area contributed by atoms with E-state index >= 15 is 0 Å². The zero-order chi connectivity index (χ0) is 21.1. The highest BCUT2D eigenvalue weighted by Crippen LogP contribution is 2.29. The number of ketones is 1. The van der Waals surface area contributed by atoms with Gasteiger partial charge in [-0.3, -0.25) is 4.79 Å². The summed E-state index contributed by atoms with van der Waals surface area (Å²) in [6.07, 6.45) is 2.84. The predicted molar refractivity (Wildman–Crippen MR) is 118 cm³/mol. The Bertz CT molecular complexity index is 1150. The molecule has 2 heterocycles. The molecule has 1 N–H and O–H groups in total. The number of carbonyl (C=O) groups excluding carboxylic acids is 1. The number of methoxy groups -OCH3 is 1. The molecule has 0 atom stereocenters. The van der Waals surface area contributed by atoms with Crippen LogP contribution in [0.3, 0.4) is 0 Å². The number of fused-ring (bicyclic) bond motifs is 1. The number of aromatic nitrogens is 1. The lowest BCUT2D eigenvalue weighted by Crippen LogP contribution is -2.35. The molecular weight excluding hydrogens is 422 g/mol. The summed E-state index contributed by atoms with van der Waals surface area (Å²) < 4.78 is 33.2. The molecule has 2 aromatic carbocycles. The van der Waals surface area contributed by atoms with Crippen molar-refractivity contribution in [1.29, 1.82) is 0 Å². The molecule has 1 saturated heterocycles. The van der Waals surface area contributed by atoms with E-state index in [4.69, 9.17) is 4.74 Å². The van der Waals surface area contributed by atoms with Crippen LogP contribution >= 0.6 is 11.3 Å². The van der Waals surface area contributed by atoms with Crippen molar-refractivity contribution in [3.05, 3.63) is 48.0 Å². The zero-order valence-electron chi connectivity index (χ0n) is 16.6. The Kier molecular flexibility index (Phi) is 6.03. The van der Waals surface area contributed by atoms with Gasteiger partial charge < -0.3 is 10.1 Å². The van der Waals surface area contributed by atoms with Crippen LogP contribution in [0, 0.1) is 0 Å². The summed E-state index contributed by atoms with van der Waals surface area (Å²) in [5, 5.41) is 3.71. The molecule has 0 aliphatic carbocycles. The van der Waals surface area contributed by atoms with Gasteiger partial charge in [-0.15, -0.1) is 0 Å². The molecular formula is C21H23N3O4S2. The average molecular weight is 446 g/mol. The molecule has 30 heavy (non-hydrogen) atoms. The minimum atomic E-state index is -3.49. The molecule has 0 bridgehead atoms. The molecule has 1 aliphatic rings. The zero-order valence-corrected chi connectivity index (χ0v) is 18.3. The van der Waals surface area contributed by atoms with Crippen LogP contribution in [-0.2, 0) is 10.0 Å². The second kappa shape index (κ2) is 8.71. The Labute approximate surface area is 179 Å². The minimum absolute atomic E-state index is 0.0786. The molecule has 0 saturated carbocycles. The van der Waals surface area contributed by atoms with Crippen LogP contribution in [0.5, 0.6) is 5.75 Å². The number of ether oxygens (including phenoxy) is 1. The number of carbonyl (C=O) groups is 1. The van der Waals surface area contributed by atoms with Gasteiger partial charge in [0.15, 0.2) is 10.9 Å². The second-order valence-electron chi connectivity index (χ2n) is 7.12. The van der Waals surface area contributed by atoms with Crippen LogP contribution in [0.2, 0.25) is 0 Å². The molecule has 0 radical (unpaired) electrons. The van der Waals surface area contributed by atoms with Crippen LogP contribution in [-0.4, -0.2) is 50.2 Å². The van der Waals surface area contributed by atoms with Crippen LogP contribution in [0.15, 0.2) is 47.4 Å². The minimum Gasteiger partial charge on any atom is -0.497 e. The number of nitrogens with one attached hydrogen (secondary N) is 1. The van der Waals surface area contributed by atoms with Crippen molar-refractivity contribution in [2.75, 3.05) is 32.1 Å². The van der Waals surface area contributed by atoms with E-state index in [2.05, 4.69) is 10.3 Å². The third-order valence-corrected chi connectivity index (χ3v) is 8.01. The normalized spacial score (nSPS) is 15.2. The van der Waals surface area contributed by atoms with Gasteiger partial charge in [-0.05, 0) is 55.3 Å². The highest BCUT2D eigenvalue weighted by molar-refractivity contribution is 7.89. The Balaban J connectivity index is 1.41. The van der Waals surface area contributed by atoms with Crippen LogP contribution in [0.1, 0.15) is 29.6 Å². The van der Waals surface area contributed by atoms with Crippen molar-refractivity contribution in [3.63, 3.8) is 0 Å². The number of benzene rings is 2. The molecule has 4 rings (SSSR count). The van der Waals surface area contributed by atoms with E-state index in [1.165, 1.54) is 27.8 Å². The monoisotopic (exact) mass is 445 g/mol. The Hall–Kier alpha value is -2.49. The number of hydrogen-bond donors (Lipinski definition) is 1. The van der Waals surface area contributed by atoms with Crippen molar-refractivity contribution < 1.29 is 17.9 Å². The van der Waals surface area contributed by atoms with Gasteiger partial charge in [0, 0.05) is 18.7 Å². The first-order chi connectivity index (χ1) is 14.5. The van der Waals surface area contributed by atoms with Gasteiger partial charge in [0.1, 0.15) is 5.75 Å². The summed E-state index contributed by atoms with van der Waals surface area (Å²) in [6.45, 7) is 1.19. The lowest BCUT2D eigenvalue weighted by Gasteiger charge is -2.25. The quantitative estimate of drug-likeness (QED) is 0.557. The number of piperidine rings is 1. The first-order valence-corrected chi connectivity index (χ1v) is 12.0. The van der Waals surface area contributed by atoms with Crippen molar-refractivity contribution in [3.8, 4) is 5.75 Å². The summed E-state index contributed by atoms with van der Waals surface area (Å²) >= 11 is 1.45. The Morgan fingerprint density at radius 2 is 1.87 bits per heavy atom. The molecule has 0 spiro atoms. The Morgan fingerprint density at radius 1 is 1.13 bits per heavy atom. The molecule has 1 aliphatic heterocycles. The molecule has 7 nitrogen and oxygen atoms in total. The van der Waals surface area contributed by atoms with Gasteiger partial charge in [-0.1, -0.05) is 17.8 Å². The fourth-order valence-electron chi connectivity index (χ4n) is 3.43. The van der Waals surface area contributed by atoms with E-state index < -0.39 is 10.0 Å². The van der Waals surface area contributed by atoms with E-state index in [-0.39, 0.29) is 17.2 Å². The number of nitrogens with zero attached hydrogens (tertiary/aromatic N) is 2. The van der Waals surface area contributed by atoms with Gasteiger partial charge in [0.2, 0.25) is 10.0 Å². The fraction of sp³-hybridized carbons (Fsp3) is 0.333. The molecule has 9 heteroatoms. The van der Waals surface area contributed by atoms with Crippen LogP contribution < -0.4 is 10.1 Å². The van der Waals surface area contributed by atoms with E-state index in [9.17, 15) is 13.2 Å². The number of Topliss-reactive ketones (excluding diaryl/α,β-unsaturated/α-hetero) is 1. The number of thiazole rings is 1. The maximum absolute atomic E-state index is 12.7. The van der Waals surface area contributed by atoms with E-state index in [0.717, 1.165) is 35.2 Å². The summed E-state index contributed by atoms with van der Waals surface area (Å²) in [4.78, 5) is 17.2. The first kappa shape index (κ1) is 20.8. The largest absolute Gasteiger partial charge is 0.497 e. The van der Waals surface area contributed by atoms with Crippen molar-refractivity contribution in [2.45, 2.75) is 24.2 Å². The van der Waals surface area contributed by atoms with Crippen LogP contribution in [0.4, 0.5) is 5.13 Å². The molecule has 0 unspecified atom stereocenters. The van der Waals surface area contributed by atoms with E-state index in [0.29, 0.717) is 23.8 Å². The number of sulfonamides is 1. The number of rotatable bonds is 7. The van der Waals surface area contributed by atoms with Crippen molar-refractivity contribution in [1.82, 2.24) is 9.29 Å². The first-order valence-electron chi connectivity index (χ1n) is 9.79. The van der Waals surface area contributed by atoms with Crippen molar-refractivity contribution in [2.24, 2.45) is 0 Å². The highest BCUT2D eigenvalue weighted by Gasteiger charge is 2.25. The molecule has 158 valence electrons. The maximum atomic E-state index is 12.7. The smallest absolute Gasteiger partial charge is 0.243 e. The van der Waals surface area contributed by atoms with Crippen LogP contribution in [0.25, 0.3) is 10.2 Å². The summed E-state index contributed by atoms with van der Waals surface area (Å²) in [5.41, 5.74) is 1.30.